The number of aryl methyl sites for hydroxylation is 1. The highest BCUT2D eigenvalue weighted by Crippen LogP contribution is 2.35. The molecule has 0 atom stereocenters. The summed E-state index contributed by atoms with van der Waals surface area (Å²) in [6.07, 6.45) is 1.51. The molecule has 0 fully saturated rings. The molecular weight excluding hydrogens is 539 g/mol. The average molecular weight is 559 g/mol. The van der Waals surface area contributed by atoms with Gasteiger partial charge in [-0.3, -0.25) is 4.79 Å². The first-order valence-corrected chi connectivity index (χ1v) is 11.1. The molecule has 0 radical (unpaired) electrons. The van der Waals surface area contributed by atoms with E-state index in [1.165, 1.54) is 6.08 Å². The molecule has 0 saturated heterocycles. The van der Waals surface area contributed by atoms with Crippen molar-refractivity contribution in [2.24, 2.45) is 0 Å². The van der Waals surface area contributed by atoms with Crippen molar-refractivity contribution in [2.75, 3.05) is 12.4 Å². The van der Waals surface area contributed by atoms with Gasteiger partial charge in [0.15, 0.2) is 11.5 Å². The molecule has 0 aliphatic rings. The number of benzene rings is 3. The number of carbonyl (C=O) groups excluding carboxylic acids is 1. The van der Waals surface area contributed by atoms with Gasteiger partial charge in [0.25, 0.3) is 5.91 Å². The van der Waals surface area contributed by atoms with Crippen LogP contribution in [0.25, 0.3) is 6.08 Å². The lowest BCUT2D eigenvalue weighted by Gasteiger charge is -2.14. The Morgan fingerprint density at radius 3 is 2.62 bits per heavy atom. The third-order valence-electron chi connectivity index (χ3n) is 4.60. The first-order valence-electron chi connectivity index (χ1n) is 9.65. The van der Waals surface area contributed by atoms with E-state index in [-0.39, 0.29) is 5.57 Å². The zero-order valence-electron chi connectivity index (χ0n) is 17.5. The molecule has 32 heavy (non-hydrogen) atoms. The van der Waals surface area contributed by atoms with Gasteiger partial charge in [-0.15, -0.1) is 0 Å². The summed E-state index contributed by atoms with van der Waals surface area (Å²) in [6, 6.07) is 20.5. The normalized spacial score (nSPS) is 10.9. The summed E-state index contributed by atoms with van der Waals surface area (Å²) < 4.78 is 12.3. The lowest BCUT2D eigenvalue weighted by molar-refractivity contribution is -0.112. The van der Waals surface area contributed by atoms with Gasteiger partial charge in [-0.05, 0) is 76.5 Å². The van der Waals surface area contributed by atoms with Crippen LogP contribution in [0.15, 0.2) is 66.2 Å². The SMILES string of the molecule is COc1cc(/C=C(\C#N)C(=O)Nc2cc(Cl)ccc2C)cc(I)c1OCc1ccccc1. The van der Waals surface area contributed by atoms with Gasteiger partial charge in [0, 0.05) is 10.7 Å². The molecule has 1 N–H and O–H groups in total. The molecule has 162 valence electrons. The van der Waals surface area contributed by atoms with Gasteiger partial charge in [-0.1, -0.05) is 48.0 Å². The molecule has 5 nitrogen and oxygen atoms in total. The zero-order valence-corrected chi connectivity index (χ0v) is 20.4. The maximum absolute atomic E-state index is 12.7. The summed E-state index contributed by atoms with van der Waals surface area (Å²) in [5.41, 5.74) is 3.04. The van der Waals surface area contributed by atoms with Gasteiger partial charge in [-0.2, -0.15) is 5.26 Å². The summed E-state index contributed by atoms with van der Waals surface area (Å²) in [6.45, 7) is 2.25. The van der Waals surface area contributed by atoms with E-state index < -0.39 is 5.91 Å². The van der Waals surface area contributed by atoms with Crippen LogP contribution in [0.2, 0.25) is 5.02 Å². The number of anilines is 1. The second kappa shape index (κ2) is 11.0. The fourth-order valence-electron chi connectivity index (χ4n) is 2.93. The fourth-order valence-corrected chi connectivity index (χ4v) is 3.88. The second-order valence-corrected chi connectivity index (χ2v) is 8.49. The molecule has 0 unspecified atom stereocenters. The minimum absolute atomic E-state index is 0.0415. The van der Waals surface area contributed by atoms with E-state index in [1.807, 2.05) is 49.4 Å². The monoisotopic (exact) mass is 558 g/mol. The van der Waals surface area contributed by atoms with Gasteiger partial charge >= 0.3 is 0 Å². The van der Waals surface area contributed by atoms with Crippen molar-refractivity contribution in [1.29, 1.82) is 5.26 Å². The Bertz CT molecular complexity index is 1200. The van der Waals surface area contributed by atoms with Gasteiger partial charge in [0.2, 0.25) is 0 Å². The molecule has 0 bridgehead atoms. The second-order valence-electron chi connectivity index (χ2n) is 6.89. The molecule has 0 saturated carbocycles. The van der Waals surface area contributed by atoms with Crippen molar-refractivity contribution in [3.05, 3.63) is 91.5 Å². The minimum Gasteiger partial charge on any atom is -0.493 e. The minimum atomic E-state index is -0.517. The Morgan fingerprint density at radius 2 is 1.94 bits per heavy atom. The van der Waals surface area contributed by atoms with Crippen molar-refractivity contribution in [1.82, 2.24) is 0 Å². The summed E-state index contributed by atoms with van der Waals surface area (Å²) in [7, 11) is 1.55. The number of ether oxygens (including phenoxy) is 2. The van der Waals surface area contributed by atoms with Crippen LogP contribution in [-0.4, -0.2) is 13.0 Å². The van der Waals surface area contributed by atoms with E-state index in [4.69, 9.17) is 21.1 Å². The van der Waals surface area contributed by atoms with Crippen LogP contribution in [0.4, 0.5) is 5.69 Å². The largest absolute Gasteiger partial charge is 0.493 e. The van der Waals surface area contributed by atoms with Crippen molar-refractivity contribution in [3.8, 4) is 17.6 Å². The number of nitrogens with zero attached hydrogens (tertiary/aromatic N) is 1. The summed E-state index contributed by atoms with van der Waals surface area (Å²) >= 11 is 8.16. The molecule has 3 aromatic carbocycles. The van der Waals surface area contributed by atoms with Crippen LogP contribution in [0.3, 0.4) is 0 Å². The number of hydrogen-bond acceptors (Lipinski definition) is 4. The number of carbonyl (C=O) groups is 1. The summed E-state index contributed by atoms with van der Waals surface area (Å²) in [4.78, 5) is 12.7. The average Bonchev–Trinajstić information content (AvgIpc) is 2.79. The van der Waals surface area contributed by atoms with Crippen LogP contribution < -0.4 is 14.8 Å². The fraction of sp³-hybridized carbons (Fsp3) is 0.120. The predicted octanol–water partition coefficient (Wildman–Crippen LogP) is 6.39. The standard InChI is InChI=1S/C25H20ClIN2O3/c1-16-8-9-20(26)13-22(16)29-25(30)19(14-28)10-18-11-21(27)24(23(12-18)31-2)32-15-17-6-4-3-5-7-17/h3-13H,15H2,1-2H3,(H,29,30)/b19-10+. The molecule has 0 aliphatic heterocycles. The number of nitriles is 1. The topological polar surface area (TPSA) is 71.3 Å². The van der Waals surface area contributed by atoms with Crippen molar-refractivity contribution >= 4 is 51.9 Å². The van der Waals surface area contributed by atoms with Crippen LogP contribution in [0.1, 0.15) is 16.7 Å². The van der Waals surface area contributed by atoms with Gasteiger partial charge in [0.1, 0.15) is 18.2 Å². The van der Waals surface area contributed by atoms with Crippen molar-refractivity contribution in [3.63, 3.8) is 0 Å². The van der Waals surface area contributed by atoms with E-state index in [0.717, 1.165) is 14.7 Å². The molecular formula is C25H20ClIN2O3. The first-order chi connectivity index (χ1) is 15.4. The highest BCUT2D eigenvalue weighted by Gasteiger charge is 2.15. The Morgan fingerprint density at radius 1 is 1.19 bits per heavy atom. The Balaban J connectivity index is 1.84. The molecule has 0 spiro atoms. The Labute approximate surface area is 205 Å². The number of nitrogens with one attached hydrogen (secondary N) is 1. The summed E-state index contributed by atoms with van der Waals surface area (Å²) in [5, 5.41) is 12.8. The molecule has 0 heterocycles. The zero-order chi connectivity index (χ0) is 23.1. The number of methoxy groups -OCH3 is 1. The number of halogens is 2. The third-order valence-corrected chi connectivity index (χ3v) is 5.64. The van der Waals surface area contributed by atoms with Crippen LogP contribution in [0.5, 0.6) is 11.5 Å². The lowest BCUT2D eigenvalue weighted by Crippen LogP contribution is -2.14. The summed E-state index contributed by atoms with van der Waals surface area (Å²) in [5.74, 6) is 0.602. The highest BCUT2D eigenvalue weighted by atomic mass is 127. The van der Waals surface area contributed by atoms with Crippen molar-refractivity contribution in [2.45, 2.75) is 13.5 Å². The van der Waals surface area contributed by atoms with E-state index >= 15 is 0 Å². The van der Waals surface area contributed by atoms with E-state index in [9.17, 15) is 10.1 Å². The molecule has 0 aliphatic carbocycles. The maximum atomic E-state index is 12.7. The Hall–Kier alpha value is -3.02. The molecule has 3 aromatic rings. The highest BCUT2D eigenvalue weighted by molar-refractivity contribution is 14.1. The van der Waals surface area contributed by atoms with Gasteiger partial charge < -0.3 is 14.8 Å². The predicted molar refractivity (Wildman–Crippen MR) is 135 cm³/mol. The third kappa shape index (κ3) is 6.02. The molecule has 0 aromatic heterocycles. The van der Waals surface area contributed by atoms with Crippen LogP contribution >= 0.6 is 34.2 Å². The number of amides is 1. The van der Waals surface area contributed by atoms with E-state index in [0.29, 0.717) is 34.4 Å². The van der Waals surface area contributed by atoms with Crippen LogP contribution in [-0.2, 0) is 11.4 Å². The van der Waals surface area contributed by atoms with Crippen LogP contribution in [0, 0.1) is 21.8 Å². The molecule has 7 heteroatoms. The maximum Gasteiger partial charge on any atom is 0.266 e. The quantitative estimate of drug-likeness (QED) is 0.207. The smallest absolute Gasteiger partial charge is 0.266 e. The number of hydrogen-bond donors (Lipinski definition) is 1. The van der Waals surface area contributed by atoms with Gasteiger partial charge in [0.05, 0.1) is 10.7 Å². The van der Waals surface area contributed by atoms with Crippen molar-refractivity contribution < 1.29 is 14.3 Å². The van der Waals surface area contributed by atoms with E-state index in [1.54, 1.807) is 31.4 Å². The lowest BCUT2D eigenvalue weighted by atomic mass is 10.1. The molecule has 3 rings (SSSR count). The Kier molecular flexibility index (Phi) is 8.14. The van der Waals surface area contributed by atoms with Gasteiger partial charge in [-0.25, -0.2) is 0 Å². The number of rotatable bonds is 7. The van der Waals surface area contributed by atoms with E-state index in [2.05, 4.69) is 27.9 Å². The first kappa shape index (κ1) is 23.6. The molecule has 1 amide bonds.